The molecule has 2 aromatic heterocycles. The van der Waals surface area contributed by atoms with Gasteiger partial charge in [0.15, 0.2) is 6.29 Å². The summed E-state index contributed by atoms with van der Waals surface area (Å²) in [6, 6.07) is 3.68. The highest BCUT2D eigenvalue weighted by atomic mass is 16.5. The number of methoxy groups -OCH3 is 1. The molecular formula is C12H14N2O2. The highest BCUT2D eigenvalue weighted by molar-refractivity contribution is 5.84. The topological polar surface area (TPSA) is 43.6 Å². The van der Waals surface area contributed by atoms with Crippen LogP contribution in [0.5, 0.6) is 5.75 Å². The van der Waals surface area contributed by atoms with Crippen LogP contribution in [0.4, 0.5) is 0 Å². The van der Waals surface area contributed by atoms with Gasteiger partial charge in [0.2, 0.25) is 0 Å². The van der Waals surface area contributed by atoms with Crippen molar-refractivity contribution in [3.8, 4) is 5.75 Å². The lowest BCUT2D eigenvalue weighted by atomic mass is 10.2. The molecule has 0 bridgehead atoms. The fourth-order valence-electron chi connectivity index (χ4n) is 1.73. The number of ether oxygens (including phenoxy) is 1. The van der Waals surface area contributed by atoms with E-state index < -0.39 is 0 Å². The van der Waals surface area contributed by atoms with Gasteiger partial charge in [0.1, 0.15) is 17.3 Å². The van der Waals surface area contributed by atoms with Crippen molar-refractivity contribution >= 4 is 11.8 Å². The first kappa shape index (κ1) is 10.7. The van der Waals surface area contributed by atoms with Gasteiger partial charge in [-0.1, -0.05) is 13.8 Å². The van der Waals surface area contributed by atoms with Crippen LogP contribution in [0.25, 0.3) is 5.52 Å². The number of aromatic nitrogens is 2. The van der Waals surface area contributed by atoms with Crippen LogP contribution in [0.15, 0.2) is 18.3 Å². The van der Waals surface area contributed by atoms with Crippen molar-refractivity contribution in [3.63, 3.8) is 0 Å². The predicted octanol–water partition coefficient (Wildman–Crippen LogP) is 2.28. The normalized spacial score (nSPS) is 11.0. The van der Waals surface area contributed by atoms with Crippen LogP contribution in [0.1, 0.15) is 36.1 Å². The summed E-state index contributed by atoms with van der Waals surface area (Å²) in [6.45, 7) is 4.10. The number of carbonyl (C=O) groups excluding carboxylic acids is 1. The molecule has 2 aromatic rings. The standard InChI is InChI=1S/C12H14N2O2/c1-8(2)12-13-10(7-15)11-6-9(16-3)4-5-14(11)12/h4-8H,1-3H3. The van der Waals surface area contributed by atoms with Crippen LogP contribution >= 0.6 is 0 Å². The molecule has 0 unspecified atom stereocenters. The lowest BCUT2D eigenvalue weighted by Crippen LogP contribution is -1.96. The van der Waals surface area contributed by atoms with Gasteiger partial charge in [-0.2, -0.15) is 0 Å². The molecule has 0 radical (unpaired) electrons. The Kier molecular flexibility index (Phi) is 2.64. The third-order valence-electron chi connectivity index (χ3n) is 2.53. The van der Waals surface area contributed by atoms with Gasteiger partial charge in [-0.15, -0.1) is 0 Å². The number of carbonyl (C=O) groups is 1. The minimum atomic E-state index is 0.273. The van der Waals surface area contributed by atoms with E-state index in [1.54, 1.807) is 7.11 Å². The summed E-state index contributed by atoms with van der Waals surface area (Å²) in [5.74, 6) is 1.89. The van der Waals surface area contributed by atoms with Gasteiger partial charge in [-0.3, -0.25) is 4.79 Å². The largest absolute Gasteiger partial charge is 0.497 e. The van der Waals surface area contributed by atoms with E-state index in [0.717, 1.165) is 23.4 Å². The summed E-state index contributed by atoms with van der Waals surface area (Å²) in [4.78, 5) is 15.3. The molecule has 2 heterocycles. The highest BCUT2D eigenvalue weighted by Gasteiger charge is 2.13. The third-order valence-corrected chi connectivity index (χ3v) is 2.53. The lowest BCUT2D eigenvalue weighted by molar-refractivity contribution is 0.112. The number of pyridine rings is 1. The SMILES string of the molecule is COc1ccn2c(C(C)C)nc(C=O)c2c1. The molecule has 0 spiro atoms. The molecule has 0 aliphatic rings. The number of fused-ring (bicyclic) bond motifs is 1. The van der Waals surface area contributed by atoms with E-state index in [9.17, 15) is 4.79 Å². The lowest BCUT2D eigenvalue weighted by Gasteiger charge is -2.05. The van der Waals surface area contributed by atoms with Gasteiger partial charge < -0.3 is 9.14 Å². The van der Waals surface area contributed by atoms with Crippen LogP contribution in [-0.2, 0) is 0 Å². The van der Waals surface area contributed by atoms with Crippen LogP contribution in [0, 0.1) is 0 Å². The molecule has 0 atom stereocenters. The molecule has 0 fully saturated rings. The van der Waals surface area contributed by atoms with E-state index in [1.165, 1.54) is 0 Å². The maximum absolute atomic E-state index is 10.9. The van der Waals surface area contributed by atoms with E-state index in [2.05, 4.69) is 4.98 Å². The van der Waals surface area contributed by atoms with Crippen molar-refractivity contribution in [1.29, 1.82) is 0 Å². The van der Waals surface area contributed by atoms with E-state index in [1.807, 2.05) is 36.6 Å². The van der Waals surface area contributed by atoms with Gasteiger partial charge in [0, 0.05) is 18.2 Å². The molecule has 4 heteroatoms. The zero-order valence-corrected chi connectivity index (χ0v) is 9.60. The van der Waals surface area contributed by atoms with Gasteiger partial charge >= 0.3 is 0 Å². The fourth-order valence-corrected chi connectivity index (χ4v) is 1.73. The average molecular weight is 218 g/mol. The Morgan fingerprint density at radius 2 is 2.25 bits per heavy atom. The van der Waals surface area contributed by atoms with Gasteiger partial charge in [-0.25, -0.2) is 4.98 Å². The molecule has 0 saturated heterocycles. The summed E-state index contributed by atoms with van der Waals surface area (Å²) >= 11 is 0. The smallest absolute Gasteiger partial charge is 0.170 e. The number of hydrogen-bond acceptors (Lipinski definition) is 3. The summed E-state index contributed by atoms with van der Waals surface area (Å²) in [6.07, 6.45) is 2.66. The number of rotatable bonds is 3. The zero-order chi connectivity index (χ0) is 11.7. The molecule has 0 aliphatic heterocycles. The monoisotopic (exact) mass is 218 g/mol. The number of nitrogens with zero attached hydrogens (tertiary/aromatic N) is 2. The van der Waals surface area contributed by atoms with Crippen LogP contribution in [0.2, 0.25) is 0 Å². The second-order valence-electron chi connectivity index (χ2n) is 3.95. The summed E-state index contributed by atoms with van der Waals surface area (Å²) in [7, 11) is 1.60. The molecule has 4 nitrogen and oxygen atoms in total. The van der Waals surface area contributed by atoms with Crippen molar-refractivity contribution in [3.05, 3.63) is 29.8 Å². The Labute approximate surface area is 93.9 Å². The first-order valence-corrected chi connectivity index (χ1v) is 5.18. The van der Waals surface area contributed by atoms with Crippen LogP contribution < -0.4 is 4.74 Å². The van der Waals surface area contributed by atoms with Crippen molar-refractivity contribution < 1.29 is 9.53 Å². The maximum Gasteiger partial charge on any atom is 0.170 e. The zero-order valence-electron chi connectivity index (χ0n) is 9.60. The van der Waals surface area contributed by atoms with E-state index in [-0.39, 0.29) is 5.92 Å². The van der Waals surface area contributed by atoms with Crippen LogP contribution in [-0.4, -0.2) is 22.8 Å². The molecule has 0 amide bonds. The molecule has 0 saturated carbocycles. The molecule has 0 aliphatic carbocycles. The quantitative estimate of drug-likeness (QED) is 0.742. The molecule has 0 N–H and O–H groups in total. The Bertz CT molecular complexity index is 529. The Balaban J connectivity index is 2.74. The number of hydrogen-bond donors (Lipinski definition) is 0. The van der Waals surface area contributed by atoms with Crippen molar-refractivity contribution in [2.45, 2.75) is 19.8 Å². The van der Waals surface area contributed by atoms with E-state index in [4.69, 9.17) is 4.74 Å². The van der Waals surface area contributed by atoms with Crippen molar-refractivity contribution in [2.24, 2.45) is 0 Å². The first-order valence-electron chi connectivity index (χ1n) is 5.18. The molecule has 16 heavy (non-hydrogen) atoms. The molecule has 2 rings (SSSR count). The Morgan fingerprint density at radius 1 is 1.50 bits per heavy atom. The Hall–Kier alpha value is -1.84. The first-order chi connectivity index (χ1) is 7.67. The van der Waals surface area contributed by atoms with E-state index in [0.29, 0.717) is 5.69 Å². The summed E-state index contributed by atoms with van der Waals surface area (Å²) < 4.78 is 7.06. The van der Waals surface area contributed by atoms with Crippen molar-refractivity contribution in [1.82, 2.24) is 9.38 Å². The second-order valence-corrected chi connectivity index (χ2v) is 3.95. The van der Waals surface area contributed by atoms with Gasteiger partial charge in [-0.05, 0) is 6.07 Å². The predicted molar refractivity (Wildman–Crippen MR) is 61.2 cm³/mol. The minimum Gasteiger partial charge on any atom is -0.497 e. The highest BCUT2D eigenvalue weighted by Crippen LogP contribution is 2.22. The third kappa shape index (κ3) is 1.56. The Morgan fingerprint density at radius 3 is 2.81 bits per heavy atom. The minimum absolute atomic E-state index is 0.273. The number of aldehydes is 1. The fraction of sp³-hybridized carbons (Fsp3) is 0.333. The summed E-state index contributed by atoms with van der Waals surface area (Å²) in [5, 5.41) is 0. The van der Waals surface area contributed by atoms with Crippen LogP contribution in [0.3, 0.4) is 0 Å². The molecule has 0 aromatic carbocycles. The van der Waals surface area contributed by atoms with Crippen molar-refractivity contribution in [2.75, 3.05) is 7.11 Å². The summed E-state index contributed by atoms with van der Waals surface area (Å²) in [5.41, 5.74) is 1.25. The molecular weight excluding hydrogens is 204 g/mol. The maximum atomic E-state index is 10.9. The molecule has 84 valence electrons. The average Bonchev–Trinajstić information content (AvgIpc) is 2.66. The van der Waals surface area contributed by atoms with E-state index >= 15 is 0 Å². The second kappa shape index (κ2) is 3.96. The van der Waals surface area contributed by atoms with Gasteiger partial charge in [0.25, 0.3) is 0 Å². The van der Waals surface area contributed by atoms with Gasteiger partial charge in [0.05, 0.1) is 12.6 Å². The number of imidazole rings is 1.